The molecular weight excluding hydrogens is 344 g/mol. The average Bonchev–Trinajstić information content (AvgIpc) is 3.03. The molecule has 2 amide bonds. The summed E-state index contributed by atoms with van der Waals surface area (Å²) in [7, 11) is 0. The van der Waals surface area contributed by atoms with E-state index < -0.39 is 0 Å². The van der Waals surface area contributed by atoms with E-state index in [0.29, 0.717) is 30.2 Å². The Morgan fingerprint density at radius 1 is 1.29 bits per heavy atom. The van der Waals surface area contributed by atoms with E-state index in [1.54, 1.807) is 24.3 Å². The first-order valence-corrected chi connectivity index (χ1v) is 9.22. The fourth-order valence-corrected chi connectivity index (χ4v) is 3.92. The highest BCUT2D eigenvalue weighted by Gasteiger charge is 2.25. The van der Waals surface area contributed by atoms with Gasteiger partial charge in [0.1, 0.15) is 0 Å². The van der Waals surface area contributed by atoms with Crippen molar-refractivity contribution in [3.63, 3.8) is 0 Å². The molecule has 1 aromatic heterocycles. The van der Waals surface area contributed by atoms with Crippen LogP contribution in [0, 0.1) is 0 Å². The summed E-state index contributed by atoms with van der Waals surface area (Å²) in [5.41, 5.74) is 1.72. The van der Waals surface area contributed by atoms with Crippen LogP contribution < -0.4 is 5.32 Å². The minimum absolute atomic E-state index is 0.000464. The Labute approximate surface area is 150 Å². The molecule has 24 heavy (non-hydrogen) atoms. The number of rotatable bonds is 4. The summed E-state index contributed by atoms with van der Waals surface area (Å²) < 4.78 is 0. The van der Waals surface area contributed by atoms with Crippen molar-refractivity contribution in [2.75, 3.05) is 13.1 Å². The van der Waals surface area contributed by atoms with Crippen LogP contribution in [-0.4, -0.2) is 29.8 Å². The SMILES string of the molecule is CCCNC(=O)c1cc2c(s1)CCN(C(=O)c1ccc(Cl)cc1)C2. The third-order valence-corrected chi connectivity index (χ3v) is 5.49. The van der Waals surface area contributed by atoms with Gasteiger partial charge in [0.05, 0.1) is 4.88 Å². The highest BCUT2D eigenvalue weighted by Crippen LogP contribution is 2.29. The molecule has 0 fully saturated rings. The molecule has 3 rings (SSSR count). The van der Waals surface area contributed by atoms with E-state index in [4.69, 9.17) is 11.6 Å². The zero-order valence-electron chi connectivity index (χ0n) is 13.5. The van der Waals surface area contributed by atoms with Gasteiger partial charge in [-0.3, -0.25) is 9.59 Å². The predicted octanol–water partition coefficient (Wildman–Crippen LogP) is 3.74. The average molecular weight is 363 g/mol. The van der Waals surface area contributed by atoms with Crippen LogP contribution in [0.25, 0.3) is 0 Å². The van der Waals surface area contributed by atoms with Crippen molar-refractivity contribution in [3.8, 4) is 0 Å². The zero-order valence-corrected chi connectivity index (χ0v) is 15.0. The first-order valence-electron chi connectivity index (χ1n) is 8.03. The Balaban J connectivity index is 1.72. The van der Waals surface area contributed by atoms with Crippen molar-refractivity contribution >= 4 is 34.8 Å². The molecule has 0 saturated heterocycles. The summed E-state index contributed by atoms with van der Waals surface area (Å²) in [6, 6.07) is 8.87. The summed E-state index contributed by atoms with van der Waals surface area (Å²) in [5.74, 6) is -0.0210. The maximum atomic E-state index is 12.6. The number of hydrogen-bond donors (Lipinski definition) is 1. The standard InChI is InChI=1S/C18H19ClN2O2S/c1-2-8-20-17(22)16-10-13-11-21(9-7-15(13)24-16)18(23)12-3-5-14(19)6-4-12/h3-6,10H,2,7-9,11H2,1H3,(H,20,22). The first kappa shape index (κ1) is 17.0. The molecule has 126 valence electrons. The van der Waals surface area contributed by atoms with Gasteiger partial charge in [-0.1, -0.05) is 18.5 Å². The van der Waals surface area contributed by atoms with Gasteiger partial charge in [-0.15, -0.1) is 11.3 Å². The molecule has 1 aromatic carbocycles. The highest BCUT2D eigenvalue weighted by molar-refractivity contribution is 7.14. The minimum atomic E-state index is -0.0215. The normalized spacial score (nSPS) is 13.5. The van der Waals surface area contributed by atoms with Gasteiger partial charge in [-0.25, -0.2) is 0 Å². The lowest BCUT2D eigenvalue weighted by atomic mass is 10.1. The van der Waals surface area contributed by atoms with Gasteiger partial charge < -0.3 is 10.2 Å². The molecule has 0 spiro atoms. The van der Waals surface area contributed by atoms with Crippen LogP contribution in [-0.2, 0) is 13.0 Å². The first-order chi connectivity index (χ1) is 11.6. The Morgan fingerprint density at radius 3 is 2.75 bits per heavy atom. The molecule has 1 N–H and O–H groups in total. The molecule has 1 aliphatic heterocycles. The Kier molecular flexibility index (Phi) is 5.21. The van der Waals surface area contributed by atoms with E-state index in [-0.39, 0.29) is 11.8 Å². The van der Waals surface area contributed by atoms with Crippen molar-refractivity contribution in [1.29, 1.82) is 0 Å². The second-order valence-electron chi connectivity index (χ2n) is 5.80. The number of amides is 2. The van der Waals surface area contributed by atoms with Crippen molar-refractivity contribution in [2.24, 2.45) is 0 Å². The number of halogens is 1. The monoisotopic (exact) mass is 362 g/mol. The van der Waals surface area contributed by atoms with Crippen molar-refractivity contribution in [1.82, 2.24) is 10.2 Å². The van der Waals surface area contributed by atoms with Crippen molar-refractivity contribution in [2.45, 2.75) is 26.3 Å². The second kappa shape index (κ2) is 7.36. The van der Waals surface area contributed by atoms with Gasteiger partial charge in [0.2, 0.25) is 0 Å². The summed E-state index contributed by atoms with van der Waals surface area (Å²) in [5, 5.41) is 3.52. The quantitative estimate of drug-likeness (QED) is 0.900. The molecule has 0 bridgehead atoms. The van der Waals surface area contributed by atoms with Gasteiger partial charge in [-0.05, 0) is 48.7 Å². The van der Waals surface area contributed by atoms with Crippen molar-refractivity contribution < 1.29 is 9.59 Å². The molecule has 0 aliphatic carbocycles. The number of hydrogen-bond acceptors (Lipinski definition) is 3. The molecule has 0 atom stereocenters. The molecular formula is C18H19ClN2O2S. The molecule has 0 saturated carbocycles. The molecule has 2 aromatic rings. The number of nitrogens with zero attached hydrogens (tertiary/aromatic N) is 1. The van der Waals surface area contributed by atoms with E-state index in [2.05, 4.69) is 5.32 Å². The molecule has 1 aliphatic rings. The topological polar surface area (TPSA) is 49.4 Å². The Morgan fingerprint density at radius 2 is 2.04 bits per heavy atom. The summed E-state index contributed by atoms with van der Waals surface area (Å²) in [4.78, 5) is 28.5. The van der Waals surface area contributed by atoms with Crippen LogP contribution in [0.3, 0.4) is 0 Å². The van der Waals surface area contributed by atoms with Crippen LogP contribution >= 0.6 is 22.9 Å². The smallest absolute Gasteiger partial charge is 0.261 e. The van der Waals surface area contributed by atoms with Crippen LogP contribution in [0.2, 0.25) is 5.02 Å². The highest BCUT2D eigenvalue weighted by atomic mass is 35.5. The maximum Gasteiger partial charge on any atom is 0.261 e. The number of carbonyl (C=O) groups is 2. The van der Waals surface area contributed by atoms with Crippen LogP contribution in [0.1, 0.15) is 43.8 Å². The Bertz CT molecular complexity index is 755. The third kappa shape index (κ3) is 3.62. The van der Waals surface area contributed by atoms with Crippen LogP contribution in [0.15, 0.2) is 30.3 Å². The van der Waals surface area contributed by atoms with Gasteiger partial charge in [0.25, 0.3) is 11.8 Å². The lowest BCUT2D eigenvalue weighted by molar-refractivity contribution is 0.0736. The molecule has 4 nitrogen and oxygen atoms in total. The fraction of sp³-hybridized carbons (Fsp3) is 0.333. The van der Waals surface area contributed by atoms with E-state index in [1.807, 2.05) is 17.9 Å². The second-order valence-corrected chi connectivity index (χ2v) is 7.37. The molecule has 6 heteroatoms. The van der Waals surface area contributed by atoms with Crippen LogP contribution in [0.4, 0.5) is 0 Å². The fourth-order valence-electron chi connectivity index (χ4n) is 2.72. The van der Waals surface area contributed by atoms with Crippen LogP contribution in [0.5, 0.6) is 0 Å². The summed E-state index contributed by atoms with van der Waals surface area (Å²) in [6.45, 7) is 3.93. The van der Waals surface area contributed by atoms with Crippen molar-refractivity contribution in [3.05, 3.63) is 56.2 Å². The van der Waals surface area contributed by atoms with E-state index in [9.17, 15) is 9.59 Å². The van der Waals surface area contributed by atoms with Gasteiger partial charge in [0.15, 0.2) is 0 Å². The summed E-state index contributed by atoms with van der Waals surface area (Å²) in [6.07, 6.45) is 1.71. The van der Waals surface area contributed by atoms with E-state index in [1.165, 1.54) is 16.2 Å². The maximum absolute atomic E-state index is 12.6. The van der Waals surface area contributed by atoms with Gasteiger partial charge >= 0.3 is 0 Å². The minimum Gasteiger partial charge on any atom is -0.351 e. The Hall–Kier alpha value is -1.85. The zero-order chi connectivity index (χ0) is 17.1. The lowest BCUT2D eigenvalue weighted by Crippen LogP contribution is -2.35. The summed E-state index contributed by atoms with van der Waals surface area (Å²) >= 11 is 7.41. The molecule has 2 heterocycles. The number of thiophene rings is 1. The predicted molar refractivity (Wildman–Crippen MR) is 96.8 cm³/mol. The van der Waals surface area contributed by atoms with Gasteiger partial charge in [0, 0.05) is 35.1 Å². The number of benzene rings is 1. The number of carbonyl (C=O) groups excluding carboxylic acids is 2. The van der Waals surface area contributed by atoms with E-state index in [0.717, 1.165) is 23.3 Å². The largest absolute Gasteiger partial charge is 0.351 e. The third-order valence-electron chi connectivity index (χ3n) is 4.00. The molecule has 0 radical (unpaired) electrons. The van der Waals surface area contributed by atoms with Gasteiger partial charge in [-0.2, -0.15) is 0 Å². The lowest BCUT2D eigenvalue weighted by Gasteiger charge is -2.27. The number of fused-ring (bicyclic) bond motifs is 1. The van der Waals surface area contributed by atoms with E-state index >= 15 is 0 Å². The number of nitrogens with one attached hydrogen (secondary N) is 1. The molecule has 0 unspecified atom stereocenters.